The molecule has 0 unspecified atom stereocenters. The summed E-state index contributed by atoms with van der Waals surface area (Å²) in [5.74, 6) is 0. The van der Waals surface area contributed by atoms with Gasteiger partial charge in [-0.15, -0.1) is 0 Å². The number of hydrogen-bond acceptors (Lipinski definition) is 0. The zero-order valence-corrected chi connectivity index (χ0v) is 24.6. The molecule has 0 aromatic heterocycles. The molecule has 38 heavy (non-hydrogen) atoms. The minimum Gasteiger partial charge on any atom is -0.0803 e. The first kappa shape index (κ1) is 26.6. The number of rotatable bonds is 7. The summed E-state index contributed by atoms with van der Waals surface area (Å²) in [6, 6.07) is 38.6. The van der Waals surface area contributed by atoms with Gasteiger partial charge in [0.1, 0.15) is 23.2 Å². The molecule has 0 atom stereocenters. The van der Waals surface area contributed by atoms with Crippen molar-refractivity contribution < 1.29 is 0 Å². The van der Waals surface area contributed by atoms with Gasteiger partial charge in [0, 0.05) is 6.42 Å². The van der Waals surface area contributed by atoms with Crippen LogP contribution < -0.4 is 15.9 Å². The van der Waals surface area contributed by atoms with Crippen molar-refractivity contribution in [2.75, 3.05) is 6.16 Å². The molecule has 0 nitrogen and oxygen atoms in total. The third kappa shape index (κ3) is 5.04. The Hall–Kier alpha value is -2.95. The zero-order valence-electron chi connectivity index (χ0n) is 23.7. The maximum Gasteiger partial charge on any atom is 0.112 e. The lowest BCUT2D eigenvalue weighted by atomic mass is 9.62. The topological polar surface area (TPSA) is 0 Å². The molecule has 1 aliphatic rings. The minimum absolute atomic E-state index is 0.232. The van der Waals surface area contributed by atoms with Crippen LogP contribution in [0.15, 0.2) is 109 Å². The smallest absolute Gasteiger partial charge is 0.0803 e. The van der Waals surface area contributed by atoms with Crippen LogP contribution in [0.3, 0.4) is 0 Å². The second-order valence-corrected chi connectivity index (χ2v) is 15.9. The summed E-state index contributed by atoms with van der Waals surface area (Å²) < 4.78 is 0. The lowest BCUT2D eigenvalue weighted by Crippen LogP contribution is -2.34. The summed E-state index contributed by atoms with van der Waals surface area (Å²) in [5, 5.41) is 4.37. The first-order valence-electron chi connectivity index (χ1n) is 14.1. The molecule has 1 aliphatic carbocycles. The molecule has 0 amide bonds. The van der Waals surface area contributed by atoms with Gasteiger partial charge in [-0.3, -0.25) is 0 Å². The standard InChI is InChI=1S/C37H42P/c1-29-27-34-35(37(4,5)25-24-36(34,2)3)28-30(29)17-15-16-26-38(31-18-9-6-10-19-31,32-20-11-7-12-21-32)33-22-13-8-14-23-33/h6-15,17-23,27-28H,16,24-26H2,1-5H3/q+1. The van der Waals surface area contributed by atoms with E-state index in [1.165, 1.54) is 39.9 Å². The van der Waals surface area contributed by atoms with E-state index in [0.717, 1.165) is 12.6 Å². The summed E-state index contributed by atoms with van der Waals surface area (Å²) in [5.41, 5.74) is 6.33. The van der Waals surface area contributed by atoms with Gasteiger partial charge in [0.15, 0.2) is 0 Å². The van der Waals surface area contributed by atoms with Crippen LogP contribution in [0.1, 0.15) is 69.2 Å². The van der Waals surface area contributed by atoms with Crippen molar-refractivity contribution in [3.8, 4) is 0 Å². The number of fused-ring (bicyclic) bond motifs is 1. The van der Waals surface area contributed by atoms with Crippen LogP contribution in [0.5, 0.6) is 0 Å². The Bertz CT molecular complexity index is 1300. The third-order valence-electron chi connectivity index (χ3n) is 8.76. The third-order valence-corrected chi connectivity index (χ3v) is 13.2. The van der Waals surface area contributed by atoms with E-state index in [2.05, 4.69) is 150 Å². The van der Waals surface area contributed by atoms with Crippen molar-refractivity contribution >= 4 is 29.3 Å². The molecule has 0 aliphatic heterocycles. The van der Waals surface area contributed by atoms with E-state index in [4.69, 9.17) is 0 Å². The Balaban J connectivity index is 1.51. The molecule has 4 aromatic carbocycles. The largest absolute Gasteiger partial charge is 0.112 e. The van der Waals surface area contributed by atoms with E-state index >= 15 is 0 Å². The summed E-state index contributed by atoms with van der Waals surface area (Å²) in [6.07, 6.45) is 9.48. The average molecular weight is 518 g/mol. The zero-order chi connectivity index (χ0) is 26.8. The van der Waals surface area contributed by atoms with Crippen LogP contribution in [-0.2, 0) is 10.8 Å². The monoisotopic (exact) mass is 517 g/mol. The summed E-state index contributed by atoms with van der Waals surface area (Å²) in [6.45, 7) is 11.9. The highest BCUT2D eigenvalue weighted by Crippen LogP contribution is 2.56. The second-order valence-electron chi connectivity index (χ2n) is 12.3. The van der Waals surface area contributed by atoms with E-state index in [-0.39, 0.29) is 10.8 Å². The molecule has 0 bridgehead atoms. The molecule has 0 saturated heterocycles. The van der Waals surface area contributed by atoms with Crippen LogP contribution in [0.25, 0.3) is 6.08 Å². The molecule has 0 radical (unpaired) electrons. The van der Waals surface area contributed by atoms with Gasteiger partial charge in [0.05, 0.1) is 6.16 Å². The SMILES string of the molecule is Cc1cc2c(cc1C=CCC[P+](c1ccccc1)(c1ccccc1)c1ccccc1)C(C)(C)CCC2(C)C. The van der Waals surface area contributed by atoms with Gasteiger partial charge in [0.25, 0.3) is 0 Å². The van der Waals surface area contributed by atoms with Gasteiger partial charge in [-0.1, -0.05) is 107 Å². The molecule has 4 aromatic rings. The molecular formula is C37H42P+. The summed E-state index contributed by atoms with van der Waals surface area (Å²) in [7, 11) is -1.79. The van der Waals surface area contributed by atoms with Crippen molar-refractivity contribution in [2.45, 2.75) is 64.7 Å². The first-order chi connectivity index (χ1) is 18.2. The van der Waals surface area contributed by atoms with Crippen LogP contribution >= 0.6 is 7.26 Å². The maximum absolute atomic E-state index is 2.50. The van der Waals surface area contributed by atoms with E-state index < -0.39 is 7.26 Å². The fourth-order valence-corrected chi connectivity index (χ4v) is 10.5. The molecule has 0 fully saturated rings. The van der Waals surface area contributed by atoms with Gasteiger partial charge in [-0.2, -0.15) is 0 Å². The van der Waals surface area contributed by atoms with Crippen molar-refractivity contribution in [3.05, 3.63) is 131 Å². The van der Waals surface area contributed by atoms with Gasteiger partial charge in [0.2, 0.25) is 0 Å². The maximum atomic E-state index is 2.50. The van der Waals surface area contributed by atoms with Crippen LogP contribution in [0.4, 0.5) is 0 Å². The minimum atomic E-state index is -1.79. The highest BCUT2D eigenvalue weighted by Gasteiger charge is 2.44. The average Bonchev–Trinajstić information content (AvgIpc) is 2.93. The van der Waals surface area contributed by atoms with Gasteiger partial charge < -0.3 is 0 Å². The number of hydrogen-bond donors (Lipinski definition) is 0. The molecule has 5 rings (SSSR count). The number of aryl methyl sites for hydroxylation is 1. The van der Waals surface area contributed by atoms with Crippen molar-refractivity contribution in [3.63, 3.8) is 0 Å². The van der Waals surface area contributed by atoms with E-state index in [0.29, 0.717) is 0 Å². The van der Waals surface area contributed by atoms with Crippen molar-refractivity contribution in [1.82, 2.24) is 0 Å². The quantitative estimate of drug-likeness (QED) is 0.215. The Morgan fingerprint density at radius 1 is 0.632 bits per heavy atom. The Labute approximate surface area is 231 Å². The normalized spacial score (nSPS) is 16.3. The summed E-state index contributed by atoms with van der Waals surface area (Å²) >= 11 is 0. The fraction of sp³-hybridized carbons (Fsp3) is 0.297. The van der Waals surface area contributed by atoms with Gasteiger partial charge >= 0.3 is 0 Å². The van der Waals surface area contributed by atoms with Crippen LogP contribution in [-0.4, -0.2) is 6.16 Å². The predicted octanol–water partition coefficient (Wildman–Crippen LogP) is 8.74. The lowest BCUT2D eigenvalue weighted by molar-refractivity contribution is 0.331. The van der Waals surface area contributed by atoms with Gasteiger partial charge in [-0.05, 0) is 89.2 Å². The molecule has 194 valence electrons. The number of benzene rings is 4. The van der Waals surface area contributed by atoms with Crippen molar-refractivity contribution in [2.24, 2.45) is 0 Å². The fourth-order valence-electron chi connectivity index (χ4n) is 6.28. The molecule has 0 heterocycles. The molecular weight excluding hydrogens is 475 g/mol. The number of allylic oxidation sites excluding steroid dienone is 1. The molecule has 0 spiro atoms. The Kier molecular flexibility index (Phi) is 7.48. The van der Waals surface area contributed by atoms with E-state index in [1.54, 1.807) is 11.1 Å². The lowest BCUT2D eigenvalue weighted by Gasteiger charge is -2.42. The van der Waals surface area contributed by atoms with E-state index in [9.17, 15) is 0 Å². The molecule has 0 saturated carbocycles. The second kappa shape index (κ2) is 10.7. The predicted molar refractivity (Wildman–Crippen MR) is 170 cm³/mol. The first-order valence-corrected chi connectivity index (χ1v) is 16.1. The summed E-state index contributed by atoms with van der Waals surface area (Å²) in [4.78, 5) is 0. The highest BCUT2D eigenvalue weighted by molar-refractivity contribution is 7.95. The Morgan fingerprint density at radius 2 is 1.05 bits per heavy atom. The molecule has 0 N–H and O–H groups in total. The van der Waals surface area contributed by atoms with Crippen LogP contribution in [0, 0.1) is 6.92 Å². The van der Waals surface area contributed by atoms with Crippen LogP contribution in [0.2, 0.25) is 0 Å². The molecule has 1 heteroatoms. The van der Waals surface area contributed by atoms with Crippen molar-refractivity contribution in [1.29, 1.82) is 0 Å². The Morgan fingerprint density at radius 3 is 1.50 bits per heavy atom. The van der Waals surface area contributed by atoms with E-state index in [1.807, 2.05) is 0 Å². The highest BCUT2D eigenvalue weighted by atomic mass is 31.2. The van der Waals surface area contributed by atoms with Gasteiger partial charge in [-0.25, -0.2) is 0 Å².